The highest BCUT2D eigenvalue weighted by molar-refractivity contribution is 6.05. The highest BCUT2D eigenvalue weighted by Gasteiger charge is 2.35. The Morgan fingerprint density at radius 1 is 1.02 bits per heavy atom. The fourth-order valence-electron chi connectivity index (χ4n) is 6.05. The Hall–Kier alpha value is -3.13. The second kappa shape index (κ2) is 13.0. The summed E-state index contributed by atoms with van der Waals surface area (Å²) in [6, 6.07) is 7.76. The van der Waals surface area contributed by atoms with E-state index in [4.69, 9.17) is 0 Å². The molecule has 1 unspecified atom stereocenters. The second-order valence-electron chi connectivity index (χ2n) is 12.3. The predicted octanol–water partition coefficient (Wildman–Crippen LogP) is 4.62. The average molecular weight is 550 g/mol. The number of piperazine rings is 1. The minimum absolute atomic E-state index is 0.0732. The smallest absolute Gasteiger partial charge is 0.268 e. The quantitative estimate of drug-likeness (QED) is 0.380. The number of rotatable bonds is 11. The number of hydrogen-bond donors (Lipinski definition) is 3. The first kappa shape index (κ1) is 29.8. The summed E-state index contributed by atoms with van der Waals surface area (Å²) < 4.78 is 0. The Labute approximate surface area is 239 Å². The van der Waals surface area contributed by atoms with Crippen LogP contribution in [0.15, 0.2) is 24.3 Å². The van der Waals surface area contributed by atoms with E-state index in [0.29, 0.717) is 36.2 Å². The maximum Gasteiger partial charge on any atom is 0.268 e. The monoisotopic (exact) mass is 549 g/mol. The van der Waals surface area contributed by atoms with Crippen LogP contribution >= 0.6 is 0 Å². The SMILES string of the molecule is CCCCC(NC(=O)c1[nH]c2c(c1C)C(=O)CC(C)(C)C2)C(=O)NCc1ccc(N2CCN(CCC)CC2)cc1. The number of carbonyl (C=O) groups excluding carboxylic acids is 3. The van der Waals surface area contributed by atoms with Crippen molar-refractivity contribution in [3.8, 4) is 0 Å². The van der Waals surface area contributed by atoms with Crippen molar-refractivity contribution in [2.24, 2.45) is 5.41 Å². The summed E-state index contributed by atoms with van der Waals surface area (Å²) in [5.41, 5.74) is 4.63. The fourth-order valence-corrected chi connectivity index (χ4v) is 6.05. The number of aromatic nitrogens is 1. The Balaban J connectivity index is 1.35. The number of H-pyrrole nitrogens is 1. The third-order valence-electron chi connectivity index (χ3n) is 8.28. The van der Waals surface area contributed by atoms with Gasteiger partial charge in [-0.15, -0.1) is 0 Å². The first-order valence-corrected chi connectivity index (χ1v) is 15.0. The lowest BCUT2D eigenvalue weighted by molar-refractivity contribution is -0.123. The fraction of sp³-hybridized carbons (Fsp3) is 0.594. The highest BCUT2D eigenvalue weighted by Crippen LogP contribution is 2.36. The summed E-state index contributed by atoms with van der Waals surface area (Å²) in [6.45, 7) is 16.1. The van der Waals surface area contributed by atoms with E-state index in [1.807, 2.05) is 6.92 Å². The molecule has 0 spiro atoms. The van der Waals surface area contributed by atoms with E-state index >= 15 is 0 Å². The van der Waals surface area contributed by atoms with Crippen LogP contribution in [0.25, 0.3) is 0 Å². The number of aromatic amines is 1. The molecule has 1 aliphatic carbocycles. The maximum atomic E-state index is 13.3. The van der Waals surface area contributed by atoms with E-state index in [1.165, 1.54) is 12.1 Å². The van der Waals surface area contributed by atoms with Crippen LogP contribution in [0.1, 0.15) is 97.5 Å². The first-order valence-electron chi connectivity index (χ1n) is 15.0. The van der Waals surface area contributed by atoms with Gasteiger partial charge in [0.05, 0.1) is 0 Å². The van der Waals surface area contributed by atoms with Crippen LogP contribution in [0, 0.1) is 12.3 Å². The van der Waals surface area contributed by atoms with Crippen LogP contribution in [0.4, 0.5) is 5.69 Å². The first-order chi connectivity index (χ1) is 19.1. The number of Topliss-reactive ketones (excluding diaryl/α,β-unsaturated/α-hetero) is 1. The van der Waals surface area contributed by atoms with Gasteiger partial charge in [-0.25, -0.2) is 0 Å². The maximum absolute atomic E-state index is 13.3. The van der Waals surface area contributed by atoms with Crippen molar-refractivity contribution in [2.75, 3.05) is 37.6 Å². The number of amides is 2. The molecule has 0 radical (unpaired) electrons. The van der Waals surface area contributed by atoms with E-state index in [-0.39, 0.29) is 23.0 Å². The second-order valence-corrected chi connectivity index (χ2v) is 12.3. The minimum Gasteiger partial charge on any atom is -0.369 e. The molecule has 3 N–H and O–H groups in total. The summed E-state index contributed by atoms with van der Waals surface area (Å²) >= 11 is 0. The number of carbonyl (C=O) groups is 3. The van der Waals surface area contributed by atoms with E-state index in [2.05, 4.69) is 77.4 Å². The van der Waals surface area contributed by atoms with E-state index in [1.54, 1.807) is 0 Å². The largest absolute Gasteiger partial charge is 0.369 e. The van der Waals surface area contributed by atoms with Gasteiger partial charge in [0.1, 0.15) is 11.7 Å². The Morgan fingerprint density at radius 3 is 2.38 bits per heavy atom. The van der Waals surface area contributed by atoms with Crippen molar-refractivity contribution in [1.29, 1.82) is 0 Å². The molecule has 1 fully saturated rings. The minimum atomic E-state index is -0.641. The predicted molar refractivity (Wildman–Crippen MR) is 160 cm³/mol. The molecule has 0 bridgehead atoms. The Kier molecular flexibility index (Phi) is 9.72. The normalized spacial score (nSPS) is 17.8. The number of ketones is 1. The molecule has 1 saturated heterocycles. The molecule has 2 heterocycles. The van der Waals surface area contributed by atoms with E-state index in [0.717, 1.165) is 63.2 Å². The molecule has 1 aromatic heterocycles. The molecule has 8 nitrogen and oxygen atoms in total. The van der Waals surface area contributed by atoms with Gasteiger partial charge in [0, 0.05) is 56.1 Å². The highest BCUT2D eigenvalue weighted by atomic mass is 16.2. The number of anilines is 1. The van der Waals surface area contributed by atoms with Gasteiger partial charge in [0.15, 0.2) is 5.78 Å². The van der Waals surface area contributed by atoms with Gasteiger partial charge in [-0.3, -0.25) is 19.3 Å². The number of nitrogens with one attached hydrogen (secondary N) is 3. The molecular weight excluding hydrogens is 502 g/mol. The molecule has 2 aromatic rings. The van der Waals surface area contributed by atoms with Crippen LogP contribution in [-0.4, -0.2) is 66.2 Å². The third-order valence-corrected chi connectivity index (χ3v) is 8.28. The number of unbranched alkanes of at least 4 members (excludes halogenated alkanes) is 1. The lowest BCUT2D eigenvalue weighted by Gasteiger charge is -2.36. The van der Waals surface area contributed by atoms with Crippen molar-refractivity contribution >= 4 is 23.3 Å². The zero-order valence-electron chi connectivity index (χ0n) is 25.0. The number of fused-ring (bicyclic) bond motifs is 1. The lowest BCUT2D eigenvalue weighted by Crippen LogP contribution is -2.47. The zero-order chi connectivity index (χ0) is 28.9. The summed E-state index contributed by atoms with van der Waals surface area (Å²) in [6.07, 6.45) is 4.69. The third kappa shape index (κ3) is 7.14. The molecule has 218 valence electrons. The lowest BCUT2D eigenvalue weighted by atomic mass is 9.75. The topological polar surface area (TPSA) is 97.5 Å². The molecule has 1 aromatic carbocycles. The van der Waals surface area contributed by atoms with Gasteiger partial charge in [0.2, 0.25) is 5.91 Å². The van der Waals surface area contributed by atoms with Gasteiger partial charge in [-0.1, -0.05) is 52.7 Å². The Morgan fingerprint density at radius 2 is 1.73 bits per heavy atom. The standard InChI is InChI=1S/C32H47N5O3/c1-6-8-9-25(35-31(40)29-22(3)28-26(34-29)19-32(4,5)20-27(28)38)30(39)33-21-23-10-12-24(13-11-23)37-17-15-36(14-7-2)16-18-37/h10-13,25,34H,6-9,14-21H2,1-5H3,(H,33,39)(H,35,40). The van der Waals surface area contributed by atoms with Crippen molar-refractivity contribution in [3.05, 3.63) is 52.3 Å². The van der Waals surface area contributed by atoms with Gasteiger partial charge in [-0.05, 0) is 61.4 Å². The number of benzene rings is 1. The van der Waals surface area contributed by atoms with Crippen LogP contribution < -0.4 is 15.5 Å². The molecule has 4 rings (SSSR count). The average Bonchev–Trinajstić information content (AvgIpc) is 3.25. The summed E-state index contributed by atoms with van der Waals surface area (Å²) in [7, 11) is 0. The Bertz CT molecular complexity index is 1190. The van der Waals surface area contributed by atoms with Gasteiger partial charge in [0.25, 0.3) is 5.91 Å². The molecule has 0 saturated carbocycles. The number of hydrogen-bond acceptors (Lipinski definition) is 5. The van der Waals surface area contributed by atoms with E-state index in [9.17, 15) is 14.4 Å². The molecule has 8 heteroatoms. The summed E-state index contributed by atoms with van der Waals surface area (Å²) in [5, 5.41) is 5.98. The molecule has 1 aliphatic heterocycles. The van der Waals surface area contributed by atoms with Crippen LogP contribution in [-0.2, 0) is 17.8 Å². The van der Waals surface area contributed by atoms with Gasteiger partial charge in [-0.2, -0.15) is 0 Å². The van der Waals surface area contributed by atoms with Crippen molar-refractivity contribution in [2.45, 2.75) is 85.7 Å². The van der Waals surface area contributed by atoms with E-state index < -0.39 is 6.04 Å². The molecule has 2 amide bonds. The van der Waals surface area contributed by atoms with Crippen LogP contribution in [0.2, 0.25) is 0 Å². The molecule has 40 heavy (non-hydrogen) atoms. The molecular formula is C32H47N5O3. The zero-order valence-corrected chi connectivity index (χ0v) is 25.0. The molecule has 1 atom stereocenters. The van der Waals surface area contributed by atoms with Crippen LogP contribution in [0.5, 0.6) is 0 Å². The van der Waals surface area contributed by atoms with Crippen LogP contribution in [0.3, 0.4) is 0 Å². The van der Waals surface area contributed by atoms with Gasteiger partial charge >= 0.3 is 0 Å². The molecule has 2 aliphatic rings. The van der Waals surface area contributed by atoms with Gasteiger partial charge < -0.3 is 20.5 Å². The number of nitrogens with zero attached hydrogens (tertiary/aromatic N) is 2. The summed E-state index contributed by atoms with van der Waals surface area (Å²) in [5.74, 6) is -0.453. The summed E-state index contributed by atoms with van der Waals surface area (Å²) in [4.78, 5) is 47.4. The van der Waals surface area contributed by atoms with Crippen molar-refractivity contribution in [1.82, 2.24) is 20.5 Å². The van der Waals surface area contributed by atoms with Crippen molar-refractivity contribution in [3.63, 3.8) is 0 Å². The van der Waals surface area contributed by atoms with Crippen molar-refractivity contribution < 1.29 is 14.4 Å².